The van der Waals surface area contributed by atoms with Gasteiger partial charge < -0.3 is 20.1 Å². The smallest absolute Gasteiger partial charge is 0.323 e. The lowest BCUT2D eigenvalue weighted by Gasteiger charge is -2.22. The quantitative estimate of drug-likeness (QED) is 0.202. The first kappa shape index (κ1) is 28.4. The fraction of sp³-hybridized carbons (Fsp3) is 0.231. The molecular weight excluding hydrogens is 512 g/mol. The molecule has 0 saturated heterocycles. The molecular formula is C26H30N4O7S. The Labute approximate surface area is 221 Å². The molecule has 11 nitrogen and oxygen atoms in total. The Morgan fingerprint density at radius 2 is 1.29 bits per heavy atom. The molecule has 0 saturated carbocycles. The number of carbonyl (C=O) groups excluding carboxylic acids is 2. The van der Waals surface area contributed by atoms with Gasteiger partial charge in [0, 0.05) is 30.9 Å². The van der Waals surface area contributed by atoms with Crippen LogP contribution in [0.15, 0.2) is 77.7 Å². The summed E-state index contributed by atoms with van der Waals surface area (Å²) in [6.45, 7) is -0.0210. The monoisotopic (exact) mass is 542 g/mol. The molecule has 0 spiro atoms. The Morgan fingerprint density at radius 1 is 0.789 bits per heavy atom. The van der Waals surface area contributed by atoms with Crippen molar-refractivity contribution in [2.45, 2.75) is 17.7 Å². The normalized spacial score (nSPS) is 11.1. The first-order valence-corrected chi connectivity index (χ1v) is 13.1. The number of anilines is 2. The largest absolute Gasteiger partial charge is 0.497 e. The molecule has 0 bridgehead atoms. The Bertz CT molecular complexity index is 1310. The molecule has 3 aromatic carbocycles. The highest BCUT2D eigenvalue weighted by atomic mass is 32.2. The SMILES string of the molecule is COc1ccc(CCN(CCC(=O)NO)S(=O)(=O)c2ccc(NC(=O)Nc3ccc(OC)cc3)cc2)cc1. The van der Waals surface area contributed by atoms with Gasteiger partial charge in [-0.25, -0.2) is 18.7 Å². The lowest BCUT2D eigenvalue weighted by atomic mass is 10.1. The standard InChI is InChI=1S/C26H30N4O7S/c1-36-22-9-3-19(4-10-22)15-17-30(18-16-25(31)29-33)38(34,35)24-13-7-21(8-14-24)28-26(32)27-20-5-11-23(37-2)12-6-20/h3-14,33H,15-18H2,1-2H3,(H,29,31)(H2,27,28,32). The Kier molecular flexibility index (Phi) is 10.0. The molecule has 0 atom stereocenters. The van der Waals surface area contributed by atoms with Crippen molar-refractivity contribution < 1.29 is 32.7 Å². The molecule has 202 valence electrons. The Morgan fingerprint density at radius 3 is 1.79 bits per heavy atom. The molecule has 0 aliphatic rings. The zero-order chi connectivity index (χ0) is 27.5. The zero-order valence-electron chi connectivity index (χ0n) is 21.0. The summed E-state index contributed by atoms with van der Waals surface area (Å²) < 4.78 is 38.2. The highest BCUT2D eigenvalue weighted by Crippen LogP contribution is 2.21. The second-order valence-electron chi connectivity index (χ2n) is 8.12. The number of hydrogen-bond acceptors (Lipinski definition) is 7. The number of rotatable bonds is 12. The van der Waals surface area contributed by atoms with Crippen LogP contribution >= 0.6 is 0 Å². The van der Waals surface area contributed by atoms with E-state index in [9.17, 15) is 18.0 Å². The van der Waals surface area contributed by atoms with E-state index < -0.39 is 22.0 Å². The van der Waals surface area contributed by atoms with Crippen LogP contribution < -0.4 is 25.6 Å². The van der Waals surface area contributed by atoms with E-state index in [1.54, 1.807) is 50.6 Å². The maximum absolute atomic E-state index is 13.4. The van der Waals surface area contributed by atoms with Crippen LogP contribution in [0.4, 0.5) is 16.2 Å². The van der Waals surface area contributed by atoms with Crippen molar-refractivity contribution in [3.8, 4) is 11.5 Å². The van der Waals surface area contributed by atoms with Crippen molar-refractivity contribution >= 4 is 33.3 Å². The van der Waals surface area contributed by atoms with Crippen LogP contribution in [0.25, 0.3) is 0 Å². The number of sulfonamides is 1. The van der Waals surface area contributed by atoms with Crippen molar-refractivity contribution in [2.75, 3.05) is 37.9 Å². The van der Waals surface area contributed by atoms with Crippen LogP contribution in [0.2, 0.25) is 0 Å². The van der Waals surface area contributed by atoms with Crippen molar-refractivity contribution in [1.29, 1.82) is 0 Å². The van der Waals surface area contributed by atoms with Gasteiger partial charge in [-0.05, 0) is 72.6 Å². The number of amides is 3. The number of hydroxylamine groups is 1. The van der Waals surface area contributed by atoms with E-state index in [0.717, 1.165) is 5.56 Å². The van der Waals surface area contributed by atoms with Crippen LogP contribution in [0.5, 0.6) is 11.5 Å². The van der Waals surface area contributed by atoms with Crippen LogP contribution in [-0.4, -0.2) is 57.2 Å². The lowest BCUT2D eigenvalue weighted by Crippen LogP contribution is -2.36. The predicted molar refractivity (Wildman–Crippen MR) is 142 cm³/mol. The lowest BCUT2D eigenvalue weighted by molar-refractivity contribution is -0.129. The summed E-state index contributed by atoms with van der Waals surface area (Å²) in [6, 6.07) is 19.2. The number of nitrogens with zero attached hydrogens (tertiary/aromatic N) is 1. The highest BCUT2D eigenvalue weighted by Gasteiger charge is 2.25. The van der Waals surface area contributed by atoms with E-state index in [4.69, 9.17) is 14.7 Å². The van der Waals surface area contributed by atoms with Crippen LogP contribution in [0.1, 0.15) is 12.0 Å². The van der Waals surface area contributed by atoms with Crippen LogP contribution in [0.3, 0.4) is 0 Å². The van der Waals surface area contributed by atoms with E-state index in [-0.39, 0.29) is 24.4 Å². The van der Waals surface area contributed by atoms with Gasteiger partial charge in [0.05, 0.1) is 19.1 Å². The molecule has 38 heavy (non-hydrogen) atoms. The molecule has 0 aliphatic heterocycles. The number of methoxy groups -OCH3 is 2. The van der Waals surface area contributed by atoms with E-state index in [0.29, 0.717) is 29.3 Å². The first-order chi connectivity index (χ1) is 18.2. The minimum atomic E-state index is -3.98. The topological polar surface area (TPSA) is 146 Å². The number of benzene rings is 3. The van der Waals surface area contributed by atoms with Crippen LogP contribution in [0, 0.1) is 0 Å². The first-order valence-electron chi connectivity index (χ1n) is 11.6. The maximum Gasteiger partial charge on any atom is 0.323 e. The van der Waals surface area contributed by atoms with E-state index in [1.165, 1.54) is 34.1 Å². The summed E-state index contributed by atoms with van der Waals surface area (Å²) in [7, 11) is -0.876. The summed E-state index contributed by atoms with van der Waals surface area (Å²) in [6.07, 6.45) is 0.179. The summed E-state index contributed by atoms with van der Waals surface area (Å²) in [5, 5.41) is 14.1. The highest BCUT2D eigenvalue weighted by molar-refractivity contribution is 7.89. The minimum Gasteiger partial charge on any atom is -0.497 e. The number of carbonyl (C=O) groups is 2. The number of urea groups is 1. The van der Waals surface area contributed by atoms with Gasteiger partial charge in [0.2, 0.25) is 15.9 Å². The van der Waals surface area contributed by atoms with Gasteiger partial charge in [-0.1, -0.05) is 12.1 Å². The third kappa shape index (κ3) is 7.93. The van der Waals surface area contributed by atoms with Gasteiger partial charge in [0.1, 0.15) is 11.5 Å². The molecule has 0 radical (unpaired) electrons. The summed E-state index contributed by atoms with van der Waals surface area (Å²) in [4.78, 5) is 23.9. The van der Waals surface area contributed by atoms with Crippen molar-refractivity contribution in [3.05, 3.63) is 78.4 Å². The molecule has 0 unspecified atom stereocenters. The molecule has 0 fully saturated rings. The molecule has 0 aliphatic carbocycles. The Hall–Kier alpha value is -4.13. The molecule has 3 rings (SSSR count). The summed E-state index contributed by atoms with van der Waals surface area (Å²) in [5.41, 5.74) is 3.35. The third-order valence-corrected chi connectivity index (χ3v) is 7.53. The van der Waals surface area contributed by atoms with Gasteiger partial charge in [-0.2, -0.15) is 4.31 Å². The van der Waals surface area contributed by atoms with Crippen molar-refractivity contribution in [3.63, 3.8) is 0 Å². The fourth-order valence-corrected chi connectivity index (χ4v) is 4.95. The van der Waals surface area contributed by atoms with Crippen molar-refractivity contribution in [2.24, 2.45) is 0 Å². The summed E-state index contributed by atoms with van der Waals surface area (Å²) in [5.74, 6) is 0.643. The molecule has 12 heteroatoms. The van der Waals surface area contributed by atoms with Gasteiger partial charge in [0.25, 0.3) is 0 Å². The predicted octanol–water partition coefficient (Wildman–Crippen LogP) is 3.48. The molecule has 3 amide bonds. The van der Waals surface area contributed by atoms with Gasteiger partial charge in [0.15, 0.2) is 0 Å². The molecule has 4 N–H and O–H groups in total. The maximum atomic E-state index is 13.4. The number of ether oxygens (including phenoxy) is 2. The van der Waals surface area contributed by atoms with Gasteiger partial charge in [-0.15, -0.1) is 0 Å². The van der Waals surface area contributed by atoms with E-state index in [1.807, 2.05) is 12.1 Å². The van der Waals surface area contributed by atoms with E-state index in [2.05, 4.69) is 10.6 Å². The third-order valence-electron chi connectivity index (χ3n) is 5.62. The zero-order valence-corrected chi connectivity index (χ0v) is 21.8. The van der Waals surface area contributed by atoms with Crippen LogP contribution in [-0.2, 0) is 21.2 Å². The number of hydrogen-bond donors (Lipinski definition) is 4. The second kappa shape index (κ2) is 13.4. The van der Waals surface area contributed by atoms with Crippen molar-refractivity contribution in [1.82, 2.24) is 9.79 Å². The average Bonchev–Trinajstić information content (AvgIpc) is 2.93. The number of nitrogens with one attached hydrogen (secondary N) is 3. The van der Waals surface area contributed by atoms with Gasteiger partial charge in [-0.3, -0.25) is 10.0 Å². The van der Waals surface area contributed by atoms with E-state index >= 15 is 0 Å². The average molecular weight is 543 g/mol. The summed E-state index contributed by atoms with van der Waals surface area (Å²) >= 11 is 0. The van der Waals surface area contributed by atoms with Gasteiger partial charge >= 0.3 is 6.03 Å². The second-order valence-corrected chi connectivity index (χ2v) is 10.1. The molecule has 3 aromatic rings. The molecule has 0 heterocycles. The Balaban J connectivity index is 1.68. The fourth-order valence-electron chi connectivity index (χ4n) is 3.51. The molecule has 0 aromatic heterocycles. The minimum absolute atomic E-state index is 0.00208.